The van der Waals surface area contributed by atoms with Gasteiger partial charge in [-0.1, -0.05) is 12.1 Å². The molecule has 5 nitrogen and oxygen atoms in total. The molecule has 2 aromatic carbocycles. The lowest BCUT2D eigenvalue weighted by atomic mass is 10.1. The van der Waals surface area contributed by atoms with Crippen molar-refractivity contribution in [1.82, 2.24) is 10.2 Å². The largest absolute Gasteiger partial charge is 0.508 e. The van der Waals surface area contributed by atoms with E-state index >= 15 is 0 Å². The van der Waals surface area contributed by atoms with E-state index in [0.717, 1.165) is 0 Å². The molecule has 0 bridgehead atoms. The Bertz CT molecular complexity index is 830. The molecule has 0 atom stereocenters. The molecule has 1 heterocycles. The van der Waals surface area contributed by atoms with Gasteiger partial charge in [0, 0.05) is 11.6 Å². The van der Waals surface area contributed by atoms with Gasteiger partial charge in [0.1, 0.15) is 17.2 Å². The molecule has 0 aliphatic rings. The zero-order valence-corrected chi connectivity index (χ0v) is 11.7. The average Bonchev–Trinajstić information content (AvgIpc) is 2.83. The highest BCUT2D eigenvalue weighted by molar-refractivity contribution is 5.74. The van der Waals surface area contributed by atoms with Crippen LogP contribution in [-0.2, 0) is 0 Å². The topological polar surface area (TPSA) is 78.4 Å². The van der Waals surface area contributed by atoms with Crippen molar-refractivity contribution in [3.8, 4) is 34.3 Å². The van der Waals surface area contributed by atoms with Gasteiger partial charge in [-0.15, -0.1) is 0 Å². The normalized spacial score (nSPS) is 10.6. The van der Waals surface area contributed by atoms with Crippen LogP contribution in [0.2, 0.25) is 0 Å². The van der Waals surface area contributed by atoms with E-state index in [-0.39, 0.29) is 17.2 Å². The fourth-order valence-electron chi connectivity index (χ4n) is 2.08. The third-order valence-corrected chi connectivity index (χ3v) is 3.18. The third-order valence-electron chi connectivity index (χ3n) is 3.18. The number of para-hydroxylation sites is 1. The Morgan fingerprint density at radius 2 is 1.91 bits per heavy atom. The highest BCUT2D eigenvalue weighted by atomic mass is 19.1. The molecular weight excluding hydrogens is 287 g/mol. The number of aromatic nitrogens is 2. The summed E-state index contributed by atoms with van der Waals surface area (Å²) in [5.41, 5.74) is 1.29. The van der Waals surface area contributed by atoms with E-state index in [1.54, 1.807) is 19.1 Å². The fraction of sp³-hybridized carbons (Fsp3) is 0.0625. The van der Waals surface area contributed by atoms with Crippen LogP contribution in [-0.4, -0.2) is 20.4 Å². The van der Waals surface area contributed by atoms with Gasteiger partial charge in [0.2, 0.25) is 0 Å². The van der Waals surface area contributed by atoms with Gasteiger partial charge in [-0.25, -0.2) is 4.39 Å². The number of hydrogen-bond donors (Lipinski definition) is 3. The second kappa shape index (κ2) is 5.40. The van der Waals surface area contributed by atoms with Gasteiger partial charge in [-0.05, 0) is 31.2 Å². The first-order valence-corrected chi connectivity index (χ1v) is 6.56. The van der Waals surface area contributed by atoms with E-state index in [0.29, 0.717) is 22.7 Å². The minimum atomic E-state index is -0.496. The number of ether oxygens (including phenoxy) is 1. The second-order valence-electron chi connectivity index (χ2n) is 4.76. The molecule has 0 radical (unpaired) electrons. The molecule has 1 aromatic heterocycles. The Labute approximate surface area is 125 Å². The molecule has 0 aliphatic carbocycles. The molecule has 3 rings (SSSR count). The van der Waals surface area contributed by atoms with Crippen LogP contribution in [0.1, 0.15) is 5.69 Å². The molecule has 0 fully saturated rings. The number of aromatic hydroxyl groups is 2. The lowest BCUT2D eigenvalue weighted by molar-refractivity contribution is 0.439. The predicted octanol–water partition coefficient (Wildman–Crippen LogP) is 3.73. The van der Waals surface area contributed by atoms with Crippen molar-refractivity contribution in [1.29, 1.82) is 0 Å². The molecule has 0 saturated heterocycles. The Balaban J connectivity index is 2.06. The van der Waals surface area contributed by atoms with Crippen molar-refractivity contribution in [2.75, 3.05) is 0 Å². The smallest absolute Gasteiger partial charge is 0.176 e. The number of aromatic amines is 1. The predicted molar refractivity (Wildman–Crippen MR) is 78.6 cm³/mol. The quantitative estimate of drug-likeness (QED) is 0.688. The minimum Gasteiger partial charge on any atom is -0.508 e. The van der Waals surface area contributed by atoms with Crippen molar-refractivity contribution in [3.05, 3.63) is 54.0 Å². The standard InChI is InChI=1S/C16H13FN2O3/c1-9-16(22-14-5-3-2-4-12(14)17)15(19-18-9)11-7-6-10(20)8-13(11)21/h2-8,20-21H,1H3,(H,18,19). The molecule has 6 heteroatoms. The number of phenolic OH excluding ortho intramolecular Hbond substituents is 2. The Morgan fingerprint density at radius 1 is 1.14 bits per heavy atom. The Morgan fingerprint density at radius 3 is 2.64 bits per heavy atom. The van der Waals surface area contributed by atoms with Crippen LogP contribution < -0.4 is 4.74 Å². The summed E-state index contributed by atoms with van der Waals surface area (Å²) in [5.74, 6) is -0.337. The molecule has 3 aromatic rings. The van der Waals surface area contributed by atoms with Crippen molar-refractivity contribution in [2.24, 2.45) is 0 Å². The van der Waals surface area contributed by atoms with Gasteiger partial charge in [-0.2, -0.15) is 5.10 Å². The maximum absolute atomic E-state index is 13.7. The zero-order valence-electron chi connectivity index (χ0n) is 11.7. The van der Waals surface area contributed by atoms with Gasteiger partial charge in [0.25, 0.3) is 0 Å². The molecule has 0 spiro atoms. The number of aryl methyl sites for hydroxylation is 1. The van der Waals surface area contributed by atoms with E-state index in [1.807, 2.05) is 0 Å². The number of phenols is 2. The molecule has 0 aliphatic heterocycles. The first-order valence-electron chi connectivity index (χ1n) is 6.56. The Hall–Kier alpha value is -3.02. The summed E-state index contributed by atoms with van der Waals surface area (Å²) < 4.78 is 19.3. The second-order valence-corrected chi connectivity index (χ2v) is 4.76. The van der Waals surface area contributed by atoms with Crippen LogP contribution in [0.15, 0.2) is 42.5 Å². The number of rotatable bonds is 3. The van der Waals surface area contributed by atoms with Gasteiger partial charge >= 0.3 is 0 Å². The molecule has 0 saturated carbocycles. The van der Waals surface area contributed by atoms with Gasteiger partial charge < -0.3 is 14.9 Å². The van der Waals surface area contributed by atoms with Crippen LogP contribution in [0.3, 0.4) is 0 Å². The lowest BCUT2D eigenvalue weighted by Crippen LogP contribution is -1.91. The molecule has 0 unspecified atom stereocenters. The highest BCUT2D eigenvalue weighted by Crippen LogP contribution is 2.39. The summed E-state index contributed by atoms with van der Waals surface area (Å²) in [6.45, 7) is 1.73. The summed E-state index contributed by atoms with van der Waals surface area (Å²) in [7, 11) is 0. The summed E-state index contributed by atoms with van der Waals surface area (Å²) in [5, 5.41) is 26.2. The monoisotopic (exact) mass is 300 g/mol. The summed E-state index contributed by atoms with van der Waals surface area (Å²) >= 11 is 0. The summed E-state index contributed by atoms with van der Waals surface area (Å²) in [6, 6.07) is 10.2. The first-order chi connectivity index (χ1) is 10.6. The van der Waals surface area contributed by atoms with Crippen molar-refractivity contribution in [3.63, 3.8) is 0 Å². The molecule has 3 N–H and O–H groups in total. The number of H-pyrrole nitrogens is 1. The highest BCUT2D eigenvalue weighted by Gasteiger charge is 2.19. The van der Waals surface area contributed by atoms with Crippen molar-refractivity contribution >= 4 is 0 Å². The zero-order chi connectivity index (χ0) is 15.7. The fourth-order valence-corrected chi connectivity index (χ4v) is 2.08. The number of benzene rings is 2. The summed E-state index contributed by atoms with van der Waals surface area (Å²) in [6.07, 6.45) is 0. The first kappa shape index (κ1) is 13.9. The molecule has 0 amide bonds. The number of halogens is 1. The van der Waals surface area contributed by atoms with Crippen LogP contribution in [0, 0.1) is 12.7 Å². The molecule has 22 heavy (non-hydrogen) atoms. The number of hydrogen-bond acceptors (Lipinski definition) is 4. The molecule has 112 valence electrons. The number of nitrogens with one attached hydrogen (secondary N) is 1. The molecular formula is C16H13FN2O3. The SMILES string of the molecule is Cc1[nH]nc(-c2ccc(O)cc2O)c1Oc1ccccc1F. The average molecular weight is 300 g/mol. The van der Waals surface area contributed by atoms with Crippen LogP contribution >= 0.6 is 0 Å². The van der Waals surface area contributed by atoms with Gasteiger partial charge in [-0.3, -0.25) is 5.10 Å². The minimum absolute atomic E-state index is 0.0616. The van der Waals surface area contributed by atoms with E-state index < -0.39 is 5.82 Å². The number of nitrogens with zero attached hydrogens (tertiary/aromatic N) is 1. The van der Waals surface area contributed by atoms with Crippen molar-refractivity contribution < 1.29 is 19.3 Å². The van der Waals surface area contributed by atoms with Crippen LogP contribution in [0.5, 0.6) is 23.0 Å². The van der Waals surface area contributed by atoms with E-state index in [1.165, 1.54) is 30.3 Å². The Kier molecular flexibility index (Phi) is 3.42. The van der Waals surface area contributed by atoms with Crippen LogP contribution in [0.25, 0.3) is 11.3 Å². The lowest BCUT2D eigenvalue weighted by Gasteiger charge is -2.09. The van der Waals surface area contributed by atoms with E-state index in [2.05, 4.69) is 10.2 Å². The maximum atomic E-state index is 13.7. The van der Waals surface area contributed by atoms with Gasteiger partial charge in [0.05, 0.1) is 5.69 Å². The summed E-state index contributed by atoms with van der Waals surface area (Å²) in [4.78, 5) is 0. The van der Waals surface area contributed by atoms with E-state index in [4.69, 9.17) is 4.74 Å². The van der Waals surface area contributed by atoms with E-state index in [9.17, 15) is 14.6 Å². The van der Waals surface area contributed by atoms with Gasteiger partial charge in [0.15, 0.2) is 17.3 Å². The van der Waals surface area contributed by atoms with Crippen molar-refractivity contribution in [2.45, 2.75) is 6.92 Å². The van der Waals surface area contributed by atoms with Crippen LogP contribution in [0.4, 0.5) is 4.39 Å². The third kappa shape index (κ3) is 2.46. The maximum Gasteiger partial charge on any atom is 0.176 e.